The van der Waals surface area contributed by atoms with Crippen LogP contribution in [0.1, 0.15) is 11.1 Å². The van der Waals surface area contributed by atoms with E-state index in [2.05, 4.69) is 53.0 Å². The molecule has 1 rings (SSSR count). The van der Waals surface area contributed by atoms with Gasteiger partial charge in [0.1, 0.15) is 0 Å². The topological polar surface area (TPSA) is 29.3 Å². The minimum Gasteiger partial charge on any atom is -0.329 e. The smallest absolute Gasteiger partial charge is 0.0231 e. The first kappa shape index (κ1) is 11.7. The van der Waals surface area contributed by atoms with Gasteiger partial charge in [-0.3, -0.25) is 0 Å². The summed E-state index contributed by atoms with van der Waals surface area (Å²) in [6.45, 7) is 4.71. The molecular formula is C11H17BrN2. The number of halogens is 1. The first-order valence-electron chi connectivity index (χ1n) is 4.76. The molecule has 0 amide bonds. The zero-order valence-corrected chi connectivity index (χ0v) is 10.3. The predicted octanol–water partition coefficient (Wildman–Crippen LogP) is 2.15. The van der Waals surface area contributed by atoms with Crippen molar-refractivity contribution in [1.29, 1.82) is 0 Å². The van der Waals surface area contributed by atoms with E-state index in [1.807, 2.05) is 0 Å². The lowest BCUT2D eigenvalue weighted by atomic mass is 10.1. The molecule has 0 aliphatic rings. The van der Waals surface area contributed by atoms with E-state index in [-0.39, 0.29) is 0 Å². The van der Waals surface area contributed by atoms with Crippen molar-refractivity contribution >= 4 is 15.9 Å². The molecule has 0 unspecified atom stereocenters. The van der Waals surface area contributed by atoms with E-state index < -0.39 is 0 Å². The van der Waals surface area contributed by atoms with Crippen molar-refractivity contribution in [1.82, 2.24) is 4.90 Å². The van der Waals surface area contributed by atoms with Crippen LogP contribution < -0.4 is 5.73 Å². The third kappa shape index (κ3) is 3.78. The number of hydrogen-bond acceptors (Lipinski definition) is 2. The molecule has 78 valence electrons. The summed E-state index contributed by atoms with van der Waals surface area (Å²) < 4.78 is 1.15. The van der Waals surface area contributed by atoms with Crippen LogP contribution in [0.3, 0.4) is 0 Å². The maximum absolute atomic E-state index is 5.49. The van der Waals surface area contributed by atoms with E-state index in [1.54, 1.807) is 0 Å². The fourth-order valence-corrected chi connectivity index (χ4v) is 2.17. The summed E-state index contributed by atoms with van der Waals surface area (Å²) in [5.74, 6) is 0. The van der Waals surface area contributed by atoms with Gasteiger partial charge >= 0.3 is 0 Å². The summed E-state index contributed by atoms with van der Waals surface area (Å²) in [6, 6.07) is 6.48. The van der Waals surface area contributed by atoms with E-state index >= 15 is 0 Å². The van der Waals surface area contributed by atoms with Gasteiger partial charge in [0.25, 0.3) is 0 Å². The fraction of sp³-hybridized carbons (Fsp3) is 0.455. The minimum absolute atomic E-state index is 0.712. The van der Waals surface area contributed by atoms with Crippen molar-refractivity contribution in [2.24, 2.45) is 5.73 Å². The van der Waals surface area contributed by atoms with E-state index in [9.17, 15) is 0 Å². The van der Waals surface area contributed by atoms with Gasteiger partial charge in [0.05, 0.1) is 0 Å². The summed E-state index contributed by atoms with van der Waals surface area (Å²) in [5, 5.41) is 0. The quantitative estimate of drug-likeness (QED) is 0.895. The van der Waals surface area contributed by atoms with Crippen LogP contribution >= 0.6 is 15.9 Å². The lowest BCUT2D eigenvalue weighted by Crippen LogP contribution is -2.24. The van der Waals surface area contributed by atoms with E-state index in [0.717, 1.165) is 17.6 Å². The molecular weight excluding hydrogens is 240 g/mol. The lowest BCUT2D eigenvalue weighted by molar-refractivity contribution is 0.336. The van der Waals surface area contributed by atoms with Crippen molar-refractivity contribution in [3.63, 3.8) is 0 Å². The Labute approximate surface area is 94.2 Å². The van der Waals surface area contributed by atoms with Crippen molar-refractivity contribution < 1.29 is 0 Å². The second kappa shape index (κ2) is 5.49. The summed E-state index contributed by atoms with van der Waals surface area (Å²) in [7, 11) is 2.09. The summed E-state index contributed by atoms with van der Waals surface area (Å²) >= 11 is 3.50. The highest BCUT2D eigenvalue weighted by molar-refractivity contribution is 9.10. The average Bonchev–Trinajstić information content (AvgIpc) is 2.01. The Morgan fingerprint density at radius 2 is 2.07 bits per heavy atom. The number of nitrogens with two attached hydrogens (primary N) is 1. The molecule has 0 radical (unpaired) electrons. The van der Waals surface area contributed by atoms with Crippen molar-refractivity contribution in [3.8, 4) is 0 Å². The molecule has 1 aromatic carbocycles. The first-order valence-corrected chi connectivity index (χ1v) is 5.56. The van der Waals surface area contributed by atoms with Gasteiger partial charge in [0, 0.05) is 24.1 Å². The van der Waals surface area contributed by atoms with E-state index in [4.69, 9.17) is 5.73 Å². The third-order valence-corrected chi connectivity index (χ3v) is 2.52. The van der Waals surface area contributed by atoms with Crippen LogP contribution in [0.15, 0.2) is 22.7 Å². The maximum Gasteiger partial charge on any atom is 0.0231 e. The highest BCUT2D eigenvalue weighted by Gasteiger charge is 2.00. The van der Waals surface area contributed by atoms with Gasteiger partial charge in [-0.05, 0) is 37.2 Å². The maximum atomic E-state index is 5.49. The van der Waals surface area contributed by atoms with E-state index in [0.29, 0.717) is 6.54 Å². The second-order valence-corrected chi connectivity index (χ2v) is 4.58. The summed E-state index contributed by atoms with van der Waals surface area (Å²) in [6.07, 6.45) is 0. The molecule has 0 aliphatic heterocycles. The number of likely N-dealkylation sites (N-methyl/N-ethyl adjacent to an activating group) is 1. The predicted molar refractivity (Wildman–Crippen MR) is 64.3 cm³/mol. The molecule has 0 aliphatic carbocycles. The van der Waals surface area contributed by atoms with Crippen LogP contribution in [0.25, 0.3) is 0 Å². The molecule has 0 aromatic heterocycles. The van der Waals surface area contributed by atoms with Gasteiger partial charge in [-0.25, -0.2) is 0 Å². The zero-order chi connectivity index (χ0) is 10.6. The molecule has 1 aromatic rings. The summed E-state index contributed by atoms with van der Waals surface area (Å²) in [4.78, 5) is 2.22. The Balaban J connectivity index is 2.66. The molecule has 0 saturated carbocycles. The number of rotatable bonds is 4. The second-order valence-electron chi connectivity index (χ2n) is 3.66. The first-order chi connectivity index (χ1) is 6.61. The van der Waals surface area contributed by atoms with Crippen molar-refractivity contribution in [2.45, 2.75) is 13.5 Å². The minimum atomic E-state index is 0.712. The summed E-state index contributed by atoms with van der Waals surface area (Å²) in [5.41, 5.74) is 8.11. The lowest BCUT2D eigenvalue weighted by Gasteiger charge is -2.15. The van der Waals surface area contributed by atoms with Crippen LogP contribution in [-0.2, 0) is 6.54 Å². The van der Waals surface area contributed by atoms with Gasteiger partial charge in [0.15, 0.2) is 0 Å². The Morgan fingerprint density at radius 3 is 2.64 bits per heavy atom. The number of aryl methyl sites for hydroxylation is 1. The molecule has 0 heterocycles. The van der Waals surface area contributed by atoms with Crippen molar-refractivity contribution in [2.75, 3.05) is 20.1 Å². The van der Waals surface area contributed by atoms with Gasteiger partial charge in [0.2, 0.25) is 0 Å². The number of benzene rings is 1. The van der Waals surface area contributed by atoms with Crippen LogP contribution in [0.2, 0.25) is 0 Å². The molecule has 0 bridgehead atoms. The molecule has 0 atom stereocenters. The highest BCUT2D eigenvalue weighted by Crippen LogP contribution is 2.16. The number of nitrogens with zero attached hydrogens (tertiary/aromatic N) is 1. The van der Waals surface area contributed by atoms with Crippen LogP contribution in [0.4, 0.5) is 0 Å². The normalized spacial score (nSPS) is 10.9. The standard InChI is InChI=1S/C11H17BrN2/c1-9-5-10(7-11(12)6-9)8-14(2)4-3-13/h5-7H,3-4,8,13H2,1-2H3. The highest BCUT2D eigenvalue weighted by atomic mass is 79.9. The van der Waals surface area contributed by atoms with Gasteiger partial charge < -0.3 is 10.6 Å². The van der Waals surface area contributed by atoms with Gasteiger partial charge in [-0.15, -0.1) is 0 Å². The van der Waals surface area contributed by atoms with Crippen LogP contribution in [0.5, 0.6) is 0 Å². The van der Waals surface area contributed by atoms with Crippen molar-refractivity contribution in [3.05, 3.63) is 33.8 Å². The molecule has 0 spiro atoms. The molecule has 2 nitrogen and oxygen atoms in total. The molecule has 14 heavy (non-hydrogen) atoms. The Morgan fingerprint density at radius 1 is 1.36 bits per heavy atom. The van der Waals surface area contributed by atoms with Crippen LogP contribution in [0, 0.1) is 6.92 Å². The van der Waals surface area contributed by atoms with E-state index in [1.165, 1.54) is 11.1 Å². The molecule has 0 fully saturated rings. The average molecular weight is 257 g/mol. The Kier molecular flexibility index (Phi) is 4.58. The monoisotopic (exact) mass is 256 g/mol. The molecule has 3 heteroatoms. The largest absolute Gasteiger partial charge is 0.329 e. The zero-order valence-electron chi connectivity index (χ0n) is 8.76. The Hall–Kier alpha value is -0.380. The third-order valence-electron chi connectivity index (χ3n) is 2.07. The number of hydrogen-bond donors (Lipinski definition) is 1. The Bertz CT molecular complexity index is 279. The fourth-order valence-electron chi connectivity index (χ4n) is 1.51. The van der Waals surface area contributed by atoms with Gasteiger partial charge in [-0.1, -0.05) is 22.0 Å². The van der Waals surface area contributed by atoms with Gasteiger partial charge in [-0.2, -0.15) is 0 Å². The van der Waals surface area contributed by atoms with Crippen LogP contribution in [-0.4, -0.2) is 25.0 Å². The molecule has 0 saturated heterocycles. The SMILES string of the molecule is Cc1cc(Br)cc(CN(C)CCN)c1. The molecule has 2 N–H and O–H groups in total.